The summed E-state index contributed by atoms with van der Waals surface area (Å²) in [5, 5.41) is 3.06. The van der Waals surface area contributed by atoms with Crippen molar-refractivity contribution in [2.24, 2.45) is 0 Å². The highest BCUT2D eigenvalue weighted by Gasteiger charge is 2.15. The molecule has 0 spiro atoms. The SMILES string of the molecule is C=Cc1ccc(-c2sc(N)nc2C(C)C)cc1C=C.CC.[B]c1ccc2ccccc2c1. The van der Waals surface area contributed by atoms with Gasteiger partial charge in [0.25, 0.3) is 0 Å². The molecule has 4 heteroatoms. The summed E-state index contributed by atoms with van der Waals surface area (Å²) in [5.74, 6) is 0.356. The summed E-state index contributed by atoms with van der Waals surface area (Å²) >= 11 is 1.53. The fourth-order valence-electron chi connectivity index (χ4n) is 3.23. The molecule has 0 saturated carbocycles. The summed E-state index contributed by atoms with van der Waals surface area (Å²) in [6, 6.07) is 20.4. The third kappa shape index (κ3) is 6.21. The molecule has 1 heterocycles. The van der Waals surface area contributed by atoms with Crippen molar-refractivity contribution in [3.8, 4) is 10.4 Å². The van der Waals surface area contributed by atoms with Gasteiger partial charge in [-0.3, -0.25) is 0 Å². The van der Waals surface area contributed by atoms with E-state index in [4.69, 9.17) is 13.6 Å². The quantitative estimate of drug-likeness (QED) is 0.336. The lowest BCUT2D eigenvalue weighted by Crippen LogP contribution is -1.99. The topological polar surface area (TPSA) is 38.9 Å². The molecule has 0 aliphatic heterocycles. The molecule has 3 aromatic carbocycles. The van der Waals surface area contributed by atoms with Gasteiger partial charge in [0.2, 0.25) is 0 Å². The molecule has 2 nitrogen and oxygen atoms in total. The molecule has 0 fully saturated rings. The van der Waals surface area contributed by atoms with Gasteiger partial charge in [-0.1, -0.05) is 124 Å². The number of nitrogens with zero attached hydrogens (tertiary/aromatic N) is 1. The molecule has 32 heavy (non-hydrogen) atoms. The molecule has 2 radical (unpaired) electrons. The van der Waals surface area contributed by atoms with E-state index in [9.17, 15) is 0 Å². The van der Waals surface area contributed by atoms with Crippen LogP contribution in [-0.2, 0) is 0 Å². The van der Waals surface area contributed by atoms with E-state index in [1.54, 1.807) is 0 Å². The zero-order valence-electron chi connectivity index (χ0n) is 19.4. The van der Waals surface area contributed by atoms with Crippen LogP contribution in [0.1, 0.15) is 50.4 Å². The molecule has 0 saturated heterocycles. The number of benzene rings is 3. The van der Waals surface area contributed by atoms with E-state index in [1.165, 1.54) is 22.1 Å². The first kappa shape index (κ1) is 25.2. The van der Waals surface area contributed by atoms with Crippen LogP contribution >= 0.6 is 11.3 Å². The van der Waals surface area contributed by atoms with Crippen LogP contribution in [0.3, 0.4) is 0 Å². The zero-order chi connectivity index (χ0) is 23.7. The molecule has 162 valence electrons. The maximum atomic E-state index is 5.85. The van der Waals surface area contributed by atoms with Gasteiger partial charge in [-0.15, -0.1) is 0 Å². The van der Waals surface area contributed by atoms with Gasteiger partial charge in [0.1, 0.15) is 7.85 Å². The average Bonchev–Trinajstić information content (AvgIpc) is 3.22. The normalized spacial score (nSPS) is 10.0. The molecule has 1 aromatic heterocycles. The smallest absolute Gasteiger partial charge is 0.180 e. The molecule has 0 aliphatic rings. The van der Waals surface area contributed by atoms with Crippen molar-refractivity contribution in [2.45, 2.75) is 33.6 Å². The van der Waals surface area contributed by atoms with Crippen molar-refractivity contribution in [2.75, 3.05) is 5.73 Å². The van der Waals surface area contributed by atoms with E-state index in [1.807, 2.05) is 56.3 Å². The molecule has 0 unspecified atom stereocenters. The highest BCUT2D eigenvalue weighted by molar-refractivity contribution is 7.18. The summed E-state index contributed by atoms with van der Waals surface area (Å²) in [5.41, 5.74) is 11.0. The molecule has 4 rings (SSSR count). The van der Waals surface area contributed by atoms with Gasteiger partial charge in [0, 0.05) is 0 Å². The fraction of sp³-hybridized carbons (Fsp3) is 0.179. The van der Waals surface area contributed by atoms with Gasteiger partial charge in [0.15, 0.2) is 5.13 Å². The Morgan fingerprint density at radius 1 is 0.906 bits per heavy atom. The Labute approximate surface area is 197 Å². The van der Waals surface area contributed by atoms with E-state index < -0.39 is 0 Å². The summed E-state index contributed by atoms with van der Waals surface area (Å²) in [6.45, 7) is 15.9. The lowest BCUT2D eigenvalue weighted by molar-refractivity contribution is 0.836. The highest BCUT2D eigenvalue weighted by Crippen LogP contribution is 2.36. The number of thiazole rings is 1. The van der Waals surface area contributed by atoms with E-state index >= 15 is 0 Å². The first-order chi connectivity index (χ1) is 15.4. The maximum Gasteiger partial charge on any atom is 0.180 e. The second kappa shape index (κ2) is 12.1. The van der Waals surface area contributed by atoms with Gasteiger partial charge in [-0.25, -0.2) is 4.98 Å². The van der Waals surface area contributed by atoms with Crippen molar-refractivity contribution < 1.29 is 0 Å². The third-order valence-corrected chi connectivity index (χ3v) is 5.73. The van der Waals surface area contributed by atoms with Crippen LogP contribution in [0.2, 0.25) is 0 Å². The lowest BCUT2D eigenvalue weighted by atomic mass is 9.94. The van der Waals surface area contributed by atoms with E-state index in [0.29, 0.717) is 11.0 Å². The number of hydrogen-bond acceptors (Lipinski definition) is 3. The first-order valence-electron chi connectivity index (χ1n) is 10.8. The molecule has 0 atom stereocenters. The van der Waals surface area contributed by atoms with Gasteiger partial charge in [0.05, 0.1) is 10.6 Å². The maximum absolute atomic E-state index is 5.85. The predicted molar refractivity (Wildman–Crippen MR) is 147 cm³/mol. The number of aromatic nitrogens is 1. The van der Waals surface area contributed by atoms with Crippen LogP contribution in [0, 0.1) is 0 Å². The number of rotatable bonds is 4. The Balaban J connectivity index is 0.000000236. The summed E-state index contributed by atoms with van der Waals surface area (Å²) in [4.78, 5) is 5.58. The first-order valence-corrected chi connectivity index (χ1v) is 11.6. The van der Waals surface area contributed by atoms with Crippen molar-refractivity contribution in [1.82, 2.24) is 4.98 Å². The molecular formula is C28H31BN2S. The number of nitrogens with two attached hydrogens (primary N) is 1. The number of anilines is 1. The molecule has 0 bridgehead atoms. The Kier molecular flexibility index (Phi) is 9.49. The Morgan fingerprint density at radius 2 is 1.56 bits per heavy atom. The van der Waals surface area contributed by atoms with Crippen LogP contribution < -0.4 is 11.2 Å². The van der Waals surface area contributed by atoms with Crippen LogP contribution in [0.15, 0.2) is 73.8 Å². The van der Waals surface area contributed by atoms with Crippen molar-refractivity contribution in [3.05, 3.63) is 90.6 Å². The average molecular weight is 438 g/mol. The summed E-state index contributed by atoms with van der Waals surface area (Å²) in [7, 11) is 5.62. The van der Waals surface area contributed by atoms with Crippen LogP contribution in [0.25, 0.3) is 33.4 Å². The second-order valence-electron chi connectivity index (χ2n) is 7.28. The number of fused-ring (bicyclic) bond motifs is 1. The Morgan fingerprint density at radius 3 is 2.19 bits per heavy atom. The monoisotopic (exact) mass is 438 g/mol. The van der Waals surface area contributed by atoms with Gasteiger partial charge < -0.3 is 5.73 Å². The fourth-order valence-corrected chi connectivity index (χ4v) is 4.22. The van der Waals surface area contributed by atoms with Gasteiger partial charge in [-0.2, -0.15) is 0 Å². The molecule has 0 amide bonds. The molecule has 0 aliphatic carbocycles. The van der Waals surface area contributed by atoms with Crippen LogP contribution in [0.4, 0.5) is 5.13 Å². The van der Waals surface area contributed by atoms with Gasteiger partial charge in [-0.05, 0) is 39.4 Å². The zero-order valence-corrected chi connectivity index (χ0v) is 20.2. The Bertz CT molecular complexity index is 1190. The lowest BCUT2D eigenvalue weighted by Gasteiger charge is -2.08. The van der Waals surface area contributed by atoms with Crippen molar-refractivity contribution in [1.29, 1.82) is 0 Å². The summed E-state index contributed by atoms with van der Waals surface area (Å²) < 4.78 is 0. The highest BCUT2D eigenvalue weighted by atomic mass is 32.1. The van der Waals surface area contributed by atoms with E-state index in [2.05, 4.69) is 62.3 Å². The van der Waals surface area contributed by atoms with E-state index in [-0.39, 0.29) is 0 Å². The minimum Gasteiger partial charge on any atom is -0.375 e. The minimum absolute atomic E-state index is 0.356. The largest absolute Gasteiger partial charge is 0.375 e. The standard InChI is InChI=1S/C16H18N2S.C10H7B.C2H6/c1-5-11-7-8-13(9-12(11)6-2)15-14(10(3)4)18-16(17)19-15;11-10-6-5-8-3-1-2-4-9(8)7-10;1-2/h5-10H,1-2H2,3-4H3,(H2,17,18);1-7H;1-2H3. The predicted octanol–water partition coefficient (Wildman–Crippen LogP) is 7.46. The second-order valence-corrected chi connectivity index (χ2v) is 8.31. The molecule has 2 N–H and O–H groups in total. The molecular weight excluding hydrogens is 407 g/mol. The van der Waals surface area contributed by atoms with Crippen LogP contribution in [-0.4, -0.2) is 12.8 Å². The summed E-state index contributed by atoms with van der Waals surface area (Å²) in [6.07, 6.45) is 3.69. The third-order valence-electron chi connectivity index (χ3n) is 4.78. The molecule has 4 aromatic rings. The van der Waals surface area contributed by atoms with Crippen LogP contribution in [0.5, 0.6) is 0 Å². The van der Waals surface area contributed by atoms with Crippen molar-refractivity contribution >= 4 is 52.7 Å². The minimum atomic E-state index is 0.356. The van der Waals surface area contributed by atoms with Gasteiger partial charge >= 0.3 is 0 Å². The number of nitrogen functional groups attached to an aromatic ring is 1. The number of hydrogen-bond donors (Lipinski definition) is 1. The van der Waals surface area contributed by atoms with Crippen molar-refractivity contribution in [3.63, 3.8) is 0 Å². The van der Waals surface area contributed by atoms with E-state index in [0.717, 1.165) is 32.7 Å². The Hall–Kier alpha value is -3.11.